The van der Waals surface area contributed by atoms with E-state index < -0.39 is 11.0 Å². The van der Waals surface area contributed by atoms with E-state index in [1.165, 1.54) is 0 Å². The van der Waals surface area contributed by atoms with E-state index in [0.717, 1.165) is 10.0 Å². The summed E-state index contributed by atoms with van der Waals surface area (Å²) >= 11 is 3.37. The summed E-state index contributed by atoms with van der Waals surface area (Å²) in [5.41, 5.74) is -0.664. The van der Waals surface area contributed by atoms with Crippen LogP contribution in [0.3, 0.4) is 0 Å². The van der Waals surface area contributed by atoms with E-state index in [-0.39, 0.29) is 12.5 Å². The molecule has 0 aliphatic heterocycles. The van der Waals surface area contributed by atoms with Gasteiger partial charge in [-0.25, -0.2) is 0 Å². The molecule has 1 aromatic rings. The molecule has 1 rings (SSSR count). The number of aliphatic hydroxyl groups is 1. The molecule has 0 aliphatic rings. The van der Waals surface area contributed by atoms with Gasteiger partial charge in [-0.05, 0) is 24.1 Å². The molecule has 2 N–H and O–H groups in total. The summed E-state index contributed by atoms with van der Waals surface area (Å²) in [4.78, 5) is 11.9. The topological polar surface area (TPSA) is 49.3 Å². The fourth-order valence-electron chi connectivity index (χ4n) is 1.68. The van der Waals surface area contributed by atoms with E-state index in [1.807, 2.05) is 52.0 Å². The van der Waals surface area contributed by atoms with Crippen LogP contribution in [-0.4, -0.2) is 17.6 Å². The summed E-state index contributed by atoms with van der Waals surface area (Å²) in [6.07, 6.45) is 0.541. The zero-order valence-electron chi connectivity index (χ0n) is 12.0. The molecular weight excluding hydrogens is 306 g/mol. The standard InChI is InChI=1S/C15H22BrNO2/c1-5-15(19,10-17-13(18)14(2,3)4)11-6-8-12(16)9-7-11/h6-9,19H,5,10H2,1-4H3,(H,17,18). The number of halogens is 1. The van der Waals surface area contributed by atoms with Gasteiger partial charge in [-0.15, -0.1) is 0 Å². The Kier molecular flexibility index (Phi) is 5.16. The molecule has 4 heteroatoms. The van der Waals surface area contributed by atoms with Gasteiger partial charge in [-0.1, -0.05) is 55.8 Å². The fourth-order valence-corrected chi connectivity index (χ4v) is 1.95. The third kappa shape index (κ3) is 4.32. The van der Waals surface area contributed by atoms with Crippen LogP contribution in [0.4, 0.5) is 0 Å². The smallest absolute Gasteiger partial charge is 0.225 e. The van der Waals surface area contributed by atoms with Crippen LogP contribution in [0.2, 0.25) is 0 Å². The lowest BCUT2D eigenvalue weighted by molar-refractivity contribution is -0.129. The van der Waals surface area contributed by atoms with Crippen LogP contribution in [0, 0.1) is 5.41 Å². The number of hydrogen-bond donors (Lipinski definition) is 2. The van der Waals surface area contributed by atoms with Gasteiger partial charge in [0.25, 0.3) is 0 Å². The van der Waals surface area contributed by atoms with Crippen LogP contribution < -0.4 is 5.32 Å². The first kappa shape index (κ1) is 16.2. The highest BCUT2D eigenvalue weighted by molar-refractivity contribution is 9.10. The van der Waals surface area contributed by atoms with Crippen LogP contribution in [0.15, 0.2) is 28.7 Å². The number of amides is 1. The van der Waals surface area contributed by atoms with Crippen molar-refractivity contribution in [1.82, 2.24) is 5.32 Å². The van der Waals surface area contributed by atoms with Gasteiger partial charge in [0, 0.05) is 9.89 Å². The first-order valence-electron chi connectivity index (χ1n) is 6.46. The third-order valence-electron chi connectivity index (χ3n) is 3.19. The normalized spacial score (nSPS) is 14.8. The lowest BCUT2D eigenvalue weighted by Crippen LogP contribution is -2.44. The first-order chi connectivity index (χ1) is 8.69. The van der Waals surface area contributed by atoms with Gasteiger partial charge in [0.1, 0.15) is 5.60 Å². The van der Waals surface area contributed by atoms with Crippen molar-refractivity contribution in [2.24, 2.45) is 5.41 Å². The Bertz CT molecular complexity index is 436. The third-order valence-corrected chi connectivity index (χ3v) is 3.72. The maximum atomic E-state index is 11.9. The molecule has 1 aromatic carbocycles. The van der Waals surface area contributed by atoms with Gasteiger partial charge in [0.2, 0.25) is 5.91 Å². The van der Waals surface area contributed by atoms with Crippen molar-refractivity contribution < 1.29 is 9.90 Å². The van der Waals surface area contributed by atoms with E-state index in [0.29, 0.717) is 6.42 Å². The van der Waals surface area contributed by atoms with Crippen molar-refractivity contribution in [1.29, 1.82) is 0 Å². The SMILES string of the molecule is CCC(O)(CNC(=O)C(C)(C)C)c1ccc(Br)cc1. The van der Waals surface area contributed by atoms with Crippen molar-refractivity contribution in [2.75, 3.05) is 6.54 Å². The van der Waals surface area contributed by atoms with E-state index in [1.54, 1.807) is 0 Å². The summed E-state index contributed by atoms with van der Waals surface area (Å²) in [7, 11) is 0. The quantitative estimate of drug-likeness (QED) is 0.892. The minimum Gasteiger partial charge on any atom is -0.383 e. The van der Waals surface area contributed by atoms with Crippen molar-refractivity contribution >= 4 is 21.8 Å². The molecule has 0 aliphatic carbocycles. The minimum absolute atomic E-state index is 0.0588. The van der Waals surface area contributed by atoms with Gasteiger partial charge in [0.05, 0.1) is 6.54 Å². The molecule has 19 heavy (non-hydrogen) atoms. The molecule has 0 saturated heterocycles. The van der Waals surface area contributed by atoms with Crippen LogP contribution in [0.25, 0.3) is 0 Å². The van der Waals surface area contributed by atoms with Gasteiger partial charge in [-0.3, -0.25) is 4.79 Å². The zero-order chi connectivity index (χ0) is 14.7. The monoisotopic (exact) mass is 327 g/mol. The average Bonchev–Trinajstić information content (AvgIpc) is 2.35. The van der Waals surface area contributed by atoms with Gasteiger partial charge < -0.3 is 10.4 Å². The molecular formula is C15H22BrNO2. The Hall–Kier alpha value is -0.870. The predicted molar refractivity (Wildman–Crippen MR) is 80.8 cm³/mol. The highest BCUT2D eigenvalue weighted by Gasteiger charge is 2.30. The highest BCUT2D eigenvalue weighted by Crippen LogP contribution is 2.26. The summed E-state index contributed by atoms with van der Waals surface area (Å²) in [6.45, 7) is 7.69. The van der Waals surface area contributed by atoms with Crippen LogP contribution in [0.1, 0.15) is 39.7 Å². The minimum atomic E-state index is -1.03. The second kappa shape index (κ2) is 6.06. The summed E-state index contributed by atoms with van der Waals surface area (Å²) in [5, 5.41) is 13.5. The molecule has 1 unspecified atom stereocenters. The van der Waals surface area contributed by atoms with Crippen LogP contribution in [-0.2, 0) is 10.4 Å². The predicted octanol–water partition coefficient (Wildman–Crippen LogP) is 3.21. The summed E-state index contributed by atoms with van der Waals surface area (Å²) < 4.78 is 0.966. The van der Waals surface area contributed by atoms with Crippen molar-refractivity contribution in [3.05, 3.63) is 34.3 Å². The Morgan fingerprint density at radius 2 is 1.79 bits per heavy atom. The number of benzene rings is 1. The average molecular weight is 328 g/mol. The van der Waals surface area contributed by atoms with Crippen molar-refractivity contribution in [2.45, 2.75) is 39.7 Å². The fraction of sp³-hybridized carbons (Fsp3) is 0.533. The number of rotatable bonds is 4. The van der Waals surface area contributed by atoms with Crippen LogP contribution in [0.5, 0.6) is 0 Å². The molecule has 0 bridgehead atoms. The molecule has 0 heterocycles. The number of hydrogen-bond acceptors (Lipinski definition) is 2. The summed E-state index contributed by atoms with van der Waals surface area (Å²) in [6, 6.07) is 7.52. The Morgan fingerprint density at radius 3 is 2.21 bits per heavy atom. The van der Waals surface area contributed by atoms with E-state index in [4.69, 9.17) is 0 Å². The molecule has 106 valence electrons. The van der Waals surface area contributed by atoms with Crippen LogP contribution >= 0.6 is 15.9 Å². The molecule has 0 aromatic heterocycles. The molecule has 1 amide bonds. The van der Waals surface area contributed by atoms with Crippen molar-refractivity contribution in [3.63, 3.8) is 0 Å². The molecule has 0 radical (unpaired) electrons. The summed E-state index contributed by atoms with van der Waals surface area (Å²) in [5.74, 6) is -0.0588. The lowest BCUT2D eigenvalue weighted by atomic mass is 9.90. The number of carbonyl (C=O) groups excluding carboxylic acids is 1. The number of carbonyl (C=O) groups is 1. The maximum absolute atomic E-state index is 11.9. The van der Waals surface area contributed by atoms with E-state index in [9.17, 15) is 9.90 Å². The lowest BCUT2D eigenvalue weighted by Gasteiger charge is -2.29. The van der Waals surface area contributed by atoms with Crippen molar-refractivity contribution in [3.8, 4) is 0 Å². The maximum Gasteiger partial charge on any atom is 0.225 e. The largest absolute Gasteiger partial charge is 0.383 e. The van der Waals surface area contributed by atoms with Gasteiger partial charge in [-0.2, -0.15) is 0 Å². The van der Waals surface area contributed by atoms with E-state index >= 15 is 0 Å². The van der Waals surface area contributed by atoms with Gasteiger partial charge >= 0.3 is 0 Å². The molecule has 0 fully saturated rings. The highest BCUT2D eigenvalue weighted by atomic mass is 79.9. The zero-order valence-corrected chi connectivity index (χ0v) is 13.5. The number of nitrogens with one attached hydrogen (secondary N) is 1. The second-order valence-corrected chi connectivity index (χ2v) is 6.74. The Labute approximate surface area is 123 Å². The molecule has 0 saturated carbocycles. The Balaban J connectivity index is 2.81. The first-order valence-corrected chi connectivity index (χ1v) is 7.25. The molecule has 1 atom stereocenters. The van der Waals surface area contributed by atoms with E-state index in [2.05, 4.69) is 21.2 Å². The Morgan fingerprint density at radius 1 is 1.26 bits per heavy atom. The van der Waals surface area contributed by atoms with Gasteiger partial charge in [0.15, 0.2) is 0 Å². The molecule has 0 spiro atoms. The molecule has 3 nitrogen and oxygen atoms in total. The second-order valence-electron chi connectivity index (χ2n) is 5.82.